The lowest BCUT2D eigenvalue weighted by Gasteiger charge is -2.14. The van der Waals surface area contributed by atoms with Gasteiger partial charge in [-0.2, -0.15) is 0 Å². The van der Waals surface area contributed by atoms with Gasteiger partial charge in [0, 0.05) is 5.69 Å². The van der Waals surface area contributed by atoms with E-state index in [-0.39, 0.29) is 29.5 Å². The molecule has 0 aliphatic heterocycles. The van der Waals surface area contributed by atoms with Gasteiger partial charge in [-0.15, -0.1) is 10.1 Å². The Morgan fingerprint density at radius 3 is 2.68 bits per heavy atom. The average Bonchev–Trinajstić information content (AvgIpc) is 2.71. The predicted octanol–water partition coefficient (Wildman–Crippen LogP) is 5.39. The highest BCUT2D eigenvalue weighted by Gasteiger charge is 2.14. The molecule has 0 radical (unpaired) electrons. The first-order valence-electron chi connectivity index (χ1n) is 9.19. The minimum Gasteiger partial charge on any atom is -0.426 e. The van der Waals surface area contributed by atoms with Crippen molar-refractivity contribution < 1.29 is 23.8 Å². The van der Waals surface area contributed by atoms with Crippen molar-refractivity contribution in [3.05, 3.63) is 98.3 Å². The molecule has 1 N–H and O–H groups in total. The summed E-state index contributed by atoms with van der Waals surface area (Å²) in [5, 5.41) is 12.6. The van der Waals surface area contributed by atoms with Crippen LogP contribution in [0.2, 0.25) is 5.02 Å². The Kier molecular flexibility index (Phi) is 7.04. The zero-order chi connectivity index (χ0) is 22.4. The third kappa shape index (κ3) is 6.16. The molecule has 0 aliphatic rings. The van der Waals surface area contributed by atoms with Crippen molar-refractivity contribution in [3.63, 3.8) is 0 Å². The van der Waals surface area contributed by atoms with Gasteiger partial charge >= 0.3 is 5.97 Å². The average molecular weight is 445 g/mol. The number of carbonyl (C=O) groups is 1. The van der Waals surface area contributed by atoms with Crippen LogP contribution in [-0.2, 0) is 22.7 Å². The Hall–Kier alpha value is -3.65. The van der Waals surface area contributed by atoms with E-state index < -0.39 is 16.9 Å². The Balaban J connectivity index is 1.75. The molecule has 0 unspecified atom stereocenters. The second-order valence-corrected chi connectivity index (χ2v) is 7.08. The number of nitrogens with zero attached hydrogens (tertiary/aromatic N) is 1. The standard InChI is InChI=1S/C22H18ClFN2O5/c1-14-8-9-20(25-22-18(23)6-3-7-19(22)24)16(10-14)12-21(27)31-17-5-2-4-15(11-17)13-30-26(28)29/h2-11,25H,12-13H2,1H3. The van der Waals surface area contributed by atoms with E-state index >= 15 is 0 Å². The molecule has 0 saturated heterocycles. The van der Waals surface area contributed by atoms with E-state index in [4.69, 9.17) is 16.3 Å². The van der Waals surface area contributed by atoms with Crippen LogP contribution in [0.1, 0.15) is 16.7 Å². The van der Waals surface area contributed by atoms with Crippen molar-refractivity contribution in [3.8, 4) is 5.75 Å². The Bertz CT molecular complexity index is 1100. The molecule has 3 aromatic carbocycles. The summed E-state index contributed by atoms with van der Waals surface area (Å²) >= 11 is 6.09. The van der Waals surface area contributed by atoms with Gasteiger partial charge in [-0.1, -0.05) is 47.5 Å². The van der Waals surface area contributed by atoms with Crippen LogP contribution >= 0.6 is 11.6 Å². The largest absolute Gasteiger partial charge is 0.426 e. The number of halogens is 2. The number of anilines is 2. The van der Waals surface area contributed by atoms with Gasteiger partial charge in [-0.05, 0) is 48.4 Å². The molecule has 31 heavy (non-hydrogen) atoms. The molecule has 0 spiro atoms. The molecule has 3 aromatic rings. The molecule has 0 aliphatic carbocycles. The highest BCUT2D eigenvalue weighted by atomic mass is 35.5. The number of nitrogens with one attached hydrogen (secondary N) is 1. The van der Waals surface area contributed by atoms with Gasteiger partial charge in [0.25, 0.3) is 5.09 Å². The monoisotopic (exact) mass is 444 g/mol. The van der Waals surface area contributed by atoms with Crippen molar-refractivity contribution in [1.82, 2.24) is 0 Å². The summed E-state index contributed by atoms with van der Waals surface area (Å²) in [5.41, 5.74) is 2.61. The number of carbonyl (C=O) groups excluding carboxylic acids is 1. The molecule has 0 heterocycles. The smallest absolute Gasteiger partial charge is 0.315 e. The number of aryl methyl sites for hydroxylation is 1. The second-order valence-electron chi connectivity index (χ2n) is 6.68. The quantitative estimate of drug-likeness (QED) is 0.217. The van der Waals surface area contributed by atoms with Crippen LogP contribution in [0, 0.1) is 22.9 Å². The SMILES string of the molecule is Cc1ccc(Nc2c(F)cccc2Cl)c(CC(=O)Oc2cccc(CO[N+](=O)[O-])c2)c1. The number of hydrogen-bond acceptors (Lipinski definition) is 6. The molecule has 0 amide bonds. The Morgan fingerprint density at radius 2 is 1.94 bits per heavy atom. The zero-order valence-electron chi connectivity index (χ0n) is 16.4. The first-order chi connectivity index (χ1) is 14.8. The fourth-order valence-corrected chi connectivity index (χ4v) is 3.10. The molecule has 0 aromatic heterocycles. The number of ether oxygens (including phenoxy) is 1. The molecule has 160 valence electrons. The number of hydrogen-bond donors (Lipinski definition) is 1. The van der Waals surface area contributed by atoms with E-state index in [1.807, 2.05) is 13.0 Å². The van der Waals surface area contributed by atoms with Crippen LogP contribution in [0.15, 0.2) is 60.7 Å². The topological polar surface area (TPSA) is 90.7 Å². The number of esters is 1. The van der Waals surface area contributed by atoms with Gasteiger partial charge in [-0.25, -0.2) is 4.39 Å². The molecule has 0 fully saturated rings. The van der Waals surface area contributed by atoms with Gasteiger partial charge < -0.3 is 14.9 Å². The molecule has 7 nitrogen and oxygen atoms in total. The summed E-state index contributed by atoms with van der Waals surface area (Å²) in [5.74, 6) is -0.843. The van der Waals surface area contributed by atoms with Gasteiger partial charge in [0.2, 0.25) is 0 Å². The Morgan fingerprint density at radius 1 is 1.16 bits per heavy atom. The third-order valence-corrected chi connectivity index (χ3v) is 4.60. The molecule has 0 saturated carbocycles. The first kappa shape index (κ1) is 22.0. The molecular formula is C22H18ClFN2O5. The van der Waals surface area contributed by atoms with Gasteiger partial charge in [0.05, 0.1) is 17.1 Å². The van der Waals surface area contributed by atoms with Crippen molar-refractivity contribution in [2.45, 2.75) is 20.0 Å². The first-order valence-corrected chi connectivity index (χ1v) is 9.57. The molecule has 0 atom stereocenters. The number of para-hydroxylation sites is 1. The fourth-order valence-electron chi connectivity index (χ4n) is 2.89. The maximum atomic E-state index is 14.2. The summed E-state index contributed by atoms with van der Waals surface area (Å²) in [6, 6.07) is 15.9. The van der Waals surface area contributed by atoms with Crippen LogP contribution in [0.4, 0.5) is 15.8 Å². The van der Waals surface area contributed by atoms with Crippen LogP contribution in [0.25, 0.3) is 0 Å². The van der Waals surface area contributed by atoms with Gasteiger partial charge in [0.1, 0.15) is 18.2 Å². The molecule has 0 bridgehead atoms. The van der Waals surface area contributed by atoms with Crippen molar-refractivity contribution >= 4 is 28.9 Å². The van der Waals surface area contributed by atoms with E-state index in [0.717, 1.165) is 5.56 Å². The summed E-state index contributed by atoms with van der Waals surface area (Å²) < 4.78 is 19.5. The number of rotatable bonds is 8. The minimum atomic E-state index is -0.896. The fraction of sp³-hybridized carbons (Fsp3) is 0.136. The predicted molar refractivity (Wildman–Crippen MR) is 113 cm³/mol. The van der Waals surface area contributed by atoms with Crippen LogP contribution in [0.5, 0.6) is 5.75 Å². The summed E-state index contributed by atoms with van der Waals surface area (Å²) in [6.45, 7) is 1.61. The molecule has 9 heteroatoms. The normalized spacial score (nSPS) is 10.4. The lowest BCUT2D eigenvalue weighted by molar-refractivity contribution is -0.763. The summed E-state index contributed by atoms with van der Waals surface area (Å²) in [4.78, 5) is 27.2. The van der Waals surface area contributed by atoms with E-state index in [9.17, 15) is 19.3 Å². The van der Waals surface area contributed by atoms with Crippen LogP contribution < -0.4 is 10.1 Å². The highest BCUT2D eigenvalue weighted by molar-refractivity contribution is 6.33. The lowest BCUT2D eigenvalue weighted by Crippen LogP contribution is -2.13. The van der Waals surface area contributed by atoms with E-state index in [2.05, 4.69) is 10.2 Å². The maximum Gasteiger partial charge on any atom is 0.315 e. The minimum absolute atomic E-state index is 0.0916. The van der Waals surface area contributed by atoms with Gasteiger partial charge in [-0.3, -0.25) is 4.79 Å². The summed E-state index contributed by atoms with van der Waals surface area (Å²) in [7, 11) is 0. The van der Waals surface area contributed by atoms with E-state index in [0.29, 0.717) is 16.8 Å². The van der Waals surface area contributed by atoms with E-state index in [1.165, 1.54) is 18.2 Å². The maximum absolute atomic E-state index is 14.2. The van der Waals surface area contributed by atoms with Crippen LogP contribution in [-0.4, -0.2) is 11.1 Å². The summed E-state index contributed by atoms with van der Waals surface area (Å²) in [6.07, 6.45) is -0.0916. The highest BCUT2D eigenvalue weighted by Crippen LogP contribution is 2.30. The Labute approximate surface area is 182 Å². The number of benzene rings is 3. The van der Waals surface area contributed by atoms with Gasteiger partial charge in [0.15, 0.2) is 0 Å². The second kappa shape index (κ2) is 9.90. The van der Waals surface area contributed by atoms with Crippen molar-refractivity contribution in [2.24, 2.45) is 0 Å². The van der Waals surface area contributed by atoms with Crippen molar-refractivity contribution in [2.75, 3.05) is 5.32 Å². The van der Waals surface area contributed by atoms with Crippen molar-refractivity contribution in [1.29, 1.82) is 0 Å². The molecule has 3 rings (SSSR count). The molecular weight excluding hydrogens is 427 g/mol. The van der Waals surface area contributed by atoms with E-state index in [1.54, 1.807) is 36.4 Å². The zero-order valence-corrected chi connectivity index (χ0v) is 17.2. The third-order valence-electron chi connectivity index (χ3n) is 4.28. The lowest BCUT2D eigenvalue weighted by atomic mass is 10.1. The van der Waals surface area contributed by atoms with Crippen LogP contribution in [0.3, 0.4) is 0 Å².